The molecular formula is C29H48N2. The fraction of sp³-hybridized carbons (Fsp3) is 0.862. The highest BCUT2D eigenvalue weighted by atomic mass is 14.9. The number of nitrogens with two attached hydrogens (primary N) is 1. The van der Waals surface area contributed by atoms with Crippen LogP contribution in [0.1, 0.15) is 92.4 Å². The van der Waals surface area contributed by atoms with E-state index in [-0.39, 0.29) is 0 Å². The molecule has 0 spiro atoms. The first-order chi connectivity index (χ1) is 14.7. The molecule has 9 atom stereocenters. The maximum absolute atomic E-state index is 6.39. The summed E-state index contributed by atoms with van der Waals surface area (Å²) in [6.45, 7) is 13.8. The predicted octanol–water partition coefficient (Wildman–Crippen LogP) is 6.68. The van der Waals surface area contributed by atoms with Gasteiger partial charge in [0.2, 0.25) is 0 Å². The molecule has 2 heteroatoms. The summed E-state index contributed by atoms with van der Waals surface area (Å²) < 4.78 is 0. The summed E-state index contributed by atoms with van der Waals surface area (Å²) in [5, 5.41) is 3.75. The van der Waals surface area contributed by atoms with Gasteiger partial charge in [0, 0.05) is 24.2 Å². The molecule has 4 fully saturated rings. The third-order valence-corrected chi connectivity index (χ3v) is 11.3. The van der Waals surface area contributed by atoms with Gasteiger partial charge in [-0.2, -0.15) is 0 Å². The first-order valence-electron chi connectivity index (χ1n) is 13.6. The smallest absolute Gasteiger partial charge is 0.0150 e. The van der Waals surface area contributed by atoms with Crippen LogP contribution in [0.25, 0.3) is 0 Å². The zero-order valence-electron chi connectivity index (χ0n) is 20.9. The van der Waals surface area contributed by atoms with E-state index >= 15 is 0 Å². The van der Waals surface area contributed by atoms with Gasteiger partial charge in [0.15, 0.2) is 0 Å². The van der Waals surface area contributed by atoms with Crippen molar-refractivity contribution in [2.75, 3.05) is 6.54 Å². The minimum atomic E-state index is 0.450. The van der Waals surface area contributed by atoms with Crippen molar-refractivity contribution in [1.29, 1.82) is 0 Å². The molecule has 0 bridgehead atoms. The first kappa shape index (κ1) is 22.1. The summed E-state index contributed by atoms with van der Waals surface area (Å²) in [4.78, 5) is 0. The second-order valence-electron chi connectivity index (χ2n) is 13.1. The van der Waals surface area contributed by atoms with Gasteiger partial charge >= 0.3 is 0 Å². The molecule has 174 valence electrons. The Labute approximate surface area is 191 Å². The number of rotatable bonds is 3. The van der Waals surface area contributed by atoms with Gasteiger partial charge in [0.05, 0.1) is 0 Å². The summed E-state index contributed by atoms with van der Waals surface area (Å²) in [5.74, 6) is 5.53. The van der Waals surface area contributed by atoms with Gasteiger partial charge in [0.25, 0.3) is 0 Å². The molecule has 1 heterocycles. The van der Waals surface area contributed by atoms with Crippen LogP contribution >= 0.6 is 0 Å². The molecule has 0 aromatic carbocycles. The number of fused-ring (bicyclic) bond motifs is 5. The lowest BCUT2D eigenvalue weighted by Gasteiger charge is -2.58. The van der Waals surface area contributed by atoms with E-state index in [0.717, 1.165) is 35.5 Å². The van der Waals surface area contributed by atoms with Crippen LogP contribution in [0, 0.1) is 52.3 Å². The summed E-state index contributed by atoms with van der Waals surface area (Å²) in [6, 6.07) is 0.450. The number of allylic oxidation sites excluding steroid dienone is 4. The Morgan fingerprint density at radius 3 is 2.52 bits per heavy atom. The Kier molecular flexibility index (Phi) is 5.64. The maximum atomic E-state index is 6.39. The van der Waals surface area contributed by atoms with Crippen molar-refractivity contribution in [3.8, 4) is 0 Å². The van der Waals surface area contributed by atoms with Crippen LogP contribution in [0.2, 0.25) is 0 Å². The average molecular weight is 425 g/mol. The quantitative estimate of drug-likeness (QED) is 0.496. The SMILES string of the molecule is CC(C)C1CCNC1=CC(C)C1CCC2C3=CCC4CC(N)CCC4(C)C3CCC21C. The lowest BCUT2D eigenvalue weighted by Crippen LogP contribution is -2.50. The van der Waals surface area contributed by atoms with Crippen LogP contribution in [-0.2, 0) is 0 Å². The number of hydrogen-bond acceptors (Lipinski definition) is 2. The Morgan fingerprint density at radius 2 is 1.74 bits per heavy atom. The lowest BCUT2D eigenvalue weighted by atomic mass is 9.47. The minimum Gasteiger partial charge on any atom is -0.388 e. The van der Waals surface area contributed by atoms with Gasteiger partial charge in [-0.15, -0.1) is 0 Å². The molecule has 0 aromatic heterocycles. The molecule has 1 aliphatic heterocycles. The van der Waals surface area contributed by atoms with Crippen LogP contribution in [0.5, 0.6) is 0 Å². The van der Waals surface area contributed by atoms with Crippen LogP contribution in [0.15, 0.2) is 23.4 Å². The highest BCUT2D eigenvalue weighted by Gasteiger charge is 2.58. The second kappa shape index (κ2) is 7.93. The Bertz CT molecular complexity index is 750. The van der Waals surface area contributed by atoms with Gasteiger partial charge < -0.3 is 11.1 Å². The third kappa shape index (κ3) is 3.46. The van der Waals surface area contributed by atoms with Crippen molar-refractivity contribution in [2.24, 2.45) is 58.0 Å². The molecule has 5 rings (SSSR count). The molecule has 9 unspecified atom stereocenters. The standard InChI is InChI=1S/C29H48N2/c1-18(2)22-12-15-31-27(22)16-19(3)24-8-9-25-23-7-6-20-17-21(30)10-13-28(20,4)26(23)11-14-29(24,25)5/h7,16,18-22,24-26,31H,6,8-15,17,30H2,1-5H3. The Morgan fingerprint density at radius 1 is 1.00 bits per heavy atom. The van der Waals surface area contributed by atoms with Crippen molar-refractivity contribution in [1.82, 2.24) is 5.32 Å². The molecule has 0 amide bonds. The van der Waals surface area contributed by atoms with E-state index in [1.807, 2.05) is 5.57 Å². The van der Waals surface area contributed by atoms with Crippen molar-refractivity contribution < 1.29 is 0 Å². The molecule has 4 aliphatic carbocycles. The summed E-state index contributed by atoms with van der Waals surface area (Å²) >= 11 is 0. The van der Waals surface area contributed by atoms with Crippen LogP contribution in [-0.4, -0.2) is 12.6 Å². The zero-order valence-corrected chi connectivity index (χ0v) is 20.9. The maximum Gasteiger partial charge on any atom is 0.0150 e. The fourth-order valence-electron chi connectivity index (χ4n) is 9.38. The van der Waals surface area contributed by atoms with Crippen molar-refractivity contribution in [3.63, 3.8) is 0 Å². The van der Waals surface area contributed by atoms with Crippen molar-refractivity contribution >= 4 is 0 Å². The highest BCUT2D eigenvalue weighted by molar-refractivity contribution is 5.28. The van der Waals surface area contributed by atoms with E-state index < -0.39 is 0 Å². The molecule has 3 N–H and O–H groups in total. The highest BCUT2D eigenvalue weighted by Crippen LogP contribution is 2.66. The minimum absolute atomic E-state index is 0.450. The average Bonchev–Trinajstić information content (AvgIpc) is 3.32. The Balaban J connectivity index is 1.38. The molecule has 31 heavy (non-hydrogen) atoms. The number of nitrogens with one attached hydrogen (secondary N) is 1. The van der Waals surface area contributed by atoms with Crippen LogP contribution < -0.4 is 11.1 Å². The summed E-state index contributed by atoms with van der Waals surface area (Å²) in [7, 11) is 0. The van der Waals surface area contributed by atoms with Gasteiger partial charge in [0.1, 0.15) is 0 Å². The van der Waals surface area contributed by atoms with E-state index in [1.165, 1.54) is 64.3 Å². The molecule has 5 aliphatic rings. The topological polar surface area (TPSA) is 38.0 Å². The van der Waals surface area contributed by atoms with Gasteiger partial charge in [-0.3, -0.25) is 0 Å². The van der Waals surface area contributed by atoms with Crippen molar-refractivity contribution in [3.05, 3.63) is 23.4 Å². The molecule has 3 saturated carbocycles. The molecular weight excluding hydrogens is 376 g/mol. The zero-order chi connectivity index (χ0) is 22.0. The largest absolute Gasteiger partial charge is 0.388 e. The van der Waals surface area contributed by atoms with Gasteiger partial charge in [-0.05, 0) is 104 Å². The van der Waals surface area contributed by atoms with E-state index in [4.69, 9.17) is 5.73 Å². The van der Waals surface area contributed by atoms with E-state index in [2.05, 4.69) is 52.1 Å². The van der Waals surface area contributed by atoms with Gasteiger partial charge in [-0.1, -0.05) is 52.3 Å². The molecule has 1 saturated heterocycles. The monoisotopic (exact) mass is 424 g/mol. The summed E-state index contributed by atoms with van der Waals surface area (Å²) in [6.07, 6.45) is 17.6. The Hall–Kier alpha value is -0.760. The normalized spacial score (nSPS) is 49.3. The number of hydrogen-bond donors (Lipinski definition) is 2. The summed E-state index contributed by atoms with van der Waals surface area (Å²) in [5.41, 5.74) is 10.9. The molecule has 2 nitrogen and oxygen atoms in total. The predicted molar refractivity (Wildman–Crippen MR) is 131 cm³/mol. The van der Waals surface area contributed by atoms with Gasteiger partial charge in [-0.25, -0.2) is 0 Å². The third-order valence-electron chi connectivity index (χ3n) is 11.3. The van der Waals surface area contributed by atoms with E-state index in [9.17, 15) is 0 Å². The van der Waals surface area contributed by atoms with Crippen LogP contribution in [0.3, 0.4) is 0 Å². The second-order valence-corrected chi connectivity index (χ2v) is 13.1. The molecule has 0 aromatic rings. The van der Waals surface area contributed by atoms with Crippen LogP contribution in [0.4, 0.5) is 0 Å². The molecule has 0 radical (unpaired) electrons. The first-order valence-corrected chi connectivity index (χ1v) is 13.6. The fourth-order valence-corrected chi connectivity index (χ4v) is 9.38. The van der Waals surface area contributed by atoms with Crippen molar-refractivity contribution in [2.45, 2.75) is 98.4 Å². The lowest BCUT2D eigenvalue weighted by molar-refractivity contribution is -0.00906. The van der Waals surface area contributed by atoms with E-state index in [1.54, 1.807) is 5.70 Å². The van der Waals surface area contributed by atoms with E-state index in [0.29, 0.717) is 22.8 Å².